The van der Waals surface area contributed by atoms with Crippen molar-refractivity contribution in [3.8, 4) is 11.5 Å². The predicted octanol–water partition coefficient (Wildman–Crippen LogP) is 3.53. The SMILES string of the molecule is COc1cccc2c1OC[C@@H](C(=O)N(C)Cc1cc3cc(F)ccc3[nH]1)C2. The minimum atomic E-state index is -0.272. The summed E-state index contributed by atoms with van der Waals surface area (Å²) in [6, 6.07) is 12.2. The van der Waals surface area contributed by atoms with Gasteiger partial charge in [-0.15, -0.1) is 0 Å². The van der Waals surface area contributed by atoms with E-state index in [1.54, 1.807) is 25.1 Å². The number of aromatic nitrogens is 1. The summed E-state index contributed by atoms with van der Waals surface area (Å²) in [7, 11) is 3.38. The number of para-hydroxylation sites is 1. The molecule has 5 nitrogen and oxygen atoms in total. The van der Waals surface area contributed by atoms with Gasteiger partial charge < -0.3 is 19.4 Å². The van der Waals surface area contributed by atoms with Crippen LogP contribution in [0.5, 0.6) is 11.5 Å². The Hall–Kier alpha value is -3.02. The van der Waals surface area contributed by atoms with Gasteiger partial charge in [-0.1, -0.05) is 12.1 Å². The van der Waals surface area contributed by atoms with Gasteiger partial charge in [-0.05, 0) is 42.3 Å². The maximum atomic E-state index is 13.4. The highest BCUT2D eigenvalue weighted by Gasteiger charge is 2.29. The van der Waals surface area contributed by atoms with E-state index in [1.807, 2.05) is 24.3 Å². The number of carbonyl (C=O) groups excluding carboxylic acids is 1. The number of ether oxygens (including phenoxy) is 2. The van der Waals surface area contributed by atoms with Crippen LogP contribution >= 0.6 is 0 Å². The number of carbonyl (C=O) groups is 1. The summed E-state index contributed by atoms with van der Waals surface area (Å²) in [5.74, 6) is 0.928. The molecule has 2 heterocycles. The lowest BCUT2D eigenvalue weighted by atomic mass is 9.95. The number of hydrogen-bond acceptors (Lipinski definition) is 3. The number of H-pyrrole nitrogens is 1. The molecule has 0 saturated carbocycles. The number of hydrogen-bond donors (Lipinski definition) is 1. The van der Waals surface area contributed by atoms with E-state index in [0.29, 0.717) is 25.3 Å². The monoisotopic (exact) mass is 368 g/mol. The van der Waals surface area contributed by atoms with Crippen molar-refractivity contribution in [2.24, 2.45) is 5.92 Å². The van der Waals surface area contributed by atoms with Crippen molar-refractivity contribution in [2.75, 3.05) is 20.8 Å². The van der Waals surface area contributed by atoms with E-state index < -0.39 is 0 Å². The van der Waals surface area contributed by atoms with Gasteiger partial charge >= 0.3 is 0 Å². The van der Waals surface area contributed by atoms with Crippen LogP contribution in [0.4, 0.5) is 4.39 Å². The molecule has 140 valence electrons. The predicted molar refractivity (Wildman–Crippen MR) is 100 cm³/mol. The molecule has 0 unspecified atom stereocenters. The molecule has 1 atom stereocenters. The molecule has 3 aromatic rings. The van der Waals surface area contributed by atoms with Crippen LogP contribution in [0, 0.1) is 11.7 Å². The molecular weight excluding hydrogens is 347 g/mol. The van der Waals surface area contributed by atoms with E-state index in [1.165, 1.54) is 12.1 Å². The number of nitrogens with zero attached hydrogens (tertiary/aromatic N) is 1. The van der Waals surface area contributed by atoms with E-state index in [0.717, 1.165) is 27.9 Å². The van der Waals surface area contributed by atoms with Gasteiger partial charge in [0.2, 0.25) is 5.91 Å². The van der Waals surface area contributed by atoms with Gasteiger partial charge in [-0.3, -0.25) is 4.79 Å². The number of methoxy groups -OCH3 is 1. The second-order valence-electron chi connectivity index (χ2n) is 6.88. The van der Waals surface area contributed by atoms with Gasteiger partial charge in [-0.25, -0.2) is 4.39 Å². The van der Waals surface area contributed by atoms with Crippen LogP contribution in [0.25, 0.3) is 10.9 Å². The Kier molecular flexibility index (Phi) is 4.48. The summed E-state index contributed by atoms with van der Waals surface area (Å²) < 4.78 is 24.5. The van der Waals surface area contributed by atoms with Crippen molar-refractivity contribution in [1.82, 2.24) is 9.88 Å². The maximum Gasteiger partial charge on any atom is 0.229 e. The summed E-state index contributed by atoms with van der Waals surface area (Å²) in [5, 5.41) is 0.799. The molecule has 0 radical (unpaired) electrons. The van der Waals surface area contributed by atoms with Crippen molar-refractivity contribution in [3.05, 3.63) is 59.5 Å². The zero-order valence-electron chi connectivity index (χ0n) is 15.3. The molecule has 1 aliphatic heterocycles. The largest absolute Gasteiger partial charge is 0.493 e. The molecule has 4 rings (SSSR count). The van der Waals surface area contributed by atoms with Crippen LogP contribution in [0.2, 0.25) is 0 Å². The zero-order valence-corrected chi connectivity index (χ0v) is 15.3. The van der Waals surface area contributed by atoms with Crippen LogP contribution in [-0.4, -0.2) is 36.6 Å². The number of nitrogens with one attached hydrogen (secondary N) is 1. The van der Waals surface area contributed by atoms with Gasteiger partial charge in [0, 0.05) is 23.6 Å². The van der Waals surface area contributed by atoms with Crippen LogP contribution in [0.3, 0.4) is 0 Å². The Labute approximate surface area is 156 Å². The van der Waals surface area contributed by atoms with Crippen molar-refractivity contribution >= 4 is 16.8 Å². The number of aromatic amines is 1. The van der Waals surface area contributed by atoms with Crippen molar-refractivity contribution in [3.63, 3.8) is 0 Å². The molecule has 0 saturated heterocycles. The Bertz CT molecular complexity index is 998. The molecule has 1 aromatic heterocycles. The van der Waals surface area contributed by atoms with Gasteiger partial charge in [0.25, 0.3) is 0 Å². The fourth-order valence-corrected chi connectivity index (χ4v) is 3.61. The summed E-state index contributed by atoms with van der Waals surface area (Å²) in [6.07, 6.45) is 0.619. The zero-order chi connectivity index (χ0) is 19.0. The summed E-state index contributed by atoms with van der Waals surface area (Å²) in [6.45, 7) is 0.755. The maximum absolute atomic E-state index is 13.4. The lowest BCUT2D eigenvalue weighted by Crippen LogP contribution is -2.38. The highest BCUT2D eigenvalue weighted by Crippen LogP contribution is 2.36. The summed E-state index contributed by atoms with van der Waals surface area (Å²) in [4.78, 5) is 17.8. The normalized spacial score (nSPS) is 15.9. The van der Waals surface area contributed by atoms with Gasteiger partial charge in [0.1, 0.15) is 12.4 Å². The molecule has 0 bridgehead atoms. The average molecular weight is 368 g/mol. The van der Waals surface area contributed by atoms with Crippen LogP contribution in [-0.2, 0) is 17.8 Å². The summed E-state index contributed by atoms with van der Waals surface area (Å²) in [5.41, 5.74) is 2.70. The second kappa shape index (κ2) is 6.95. The number of benzene rings is 2. The van der Waals surface area contributed by atoms with Crippen LogP contribution in [0.15, 0.2) is 42.5 Å². The number of rotatable bonds is 4. The Balaban J connectivity index is 1.47. The van der Waals surface area contributed by atoms with E-state index in [4.69, 9.17) is 9.47 Å². The first-order chi connectivity index (χ1) is 13.0. The summed E-state index contributed by atoms with van der Waals surface area (Å²) >= 11 is 0. The van der Waals surface area contributed by atoms with Crippen molar-refractivity contribution < 1.29 is 18.7 Å². The Morgan fingerprint density at radius 2 is 2.19 bits per heavy atom. The van der Waals surface area contributed by atoms with Crippen LogP contribution < -0.4 is 9.47 Å². The highest BCUT2D eigenvalue weighted by molar-refractivity contribution is 5.82. The quantitative estimate of drug-likeness (QED) is 0.767. The van der Waals surface area contributed by atoms with E-state index in [9.17, 15) is 9.18 Å². The standard InChI is InChI=1S/C21H21FN2O3/c1-24(11-17-10-14-9-16(22)6-7-18(14)23-17)21(25)15-8-13-4-3-5-19(26-2)20(13)27-12-15/h3-7,9-10,15,23H,8,11-12H2,1-2H3/t15-/m0/s1. The molecule has 1 aliphatic rings. The molecule has 0 fully saturated rings. The fourth-order valence-electron chi connectivity index (χ4n) is 3.61. The van der Waals surface area contributed by atoms with Gasteiger partial charge in [0.05, 0.1) is 19.6 Å². The Morgan fingerprint density at radius 3 is 3.00 bits per heavy atom. The number of halogens is 1. The fraction of sp³-hybridized carbons (Fsp3) is 0.286. The van der Waals surface area contributed by atoms with E-state index in [-0.39, 0.29) is 17.6 Å². The van der Waals surface area contributed by atoms with E-state index in [2.05, 4.69) is 4.98 Å². The van der Waals surface area contributed by atoms with Crippen LogP contribution in [0.1, 0.15) is 11.3 Å². The third-order valence-corrected chi connectivity index (χ3v) is 4.95. The average Bonchev–Trinajstić information content (AvgIpc) is 3.07. The molecule has 2 aromatic carbocycles. The molecule has 1 amide bonds. The first-order valence-corrected chi connectivity index (χ1v) is 8.86. The third-order valence-electron chi connectivity index (χ3n) is 4.95. The van der Waals surface area contributed by atoms with E-state index >= 15 is 0 Å². The lowest BCUT2D eigenvalue weighted by Gasteiger charge is -2.28. The molecular formula is C21H21FN2O3. The van der Waals surface area contributed by atoms with Crippen molar-refractivity contribution in [1.29, 1.82) is 0 Å². The van der Waals surface area contributed by atoms with Gasteiger partial charge in [0.15, 0.2) is 11.5 Å². The minimum absolute atomic E-state index is 0.0216. The smallest absolute Gasteiger partial charge is 0.229 e. The third kappa shape index (κ3) is 3.35. The molecule has 6 heteroatoms. The first-order valence-electron chi connectivity index (χ1n) is 8.86. The molecule has 27 heavy (non-hydrogen) atoms. The lowest BCUT2D eigenvalue weighted by molar-refractivity contribution is -0.136. The molecule has 1 N–H and O–H groups in total. The number of fused-ring (bicyclic) bond motifs is 2. The van der Waals surface area contributed by atoms with Crippen molar-refractivity contribution in [2.45, 2.75) is 13.0 Å². The van der Waals surface area contributed by atoms with Gasteiger partial charge in [-0.2, -0.15) is 0 Å². The topological polar surface area (TPSA) is 54.6 Å². The first kappa shape index (κ1) is 17.4. The molecule has 0 spiro atoms. The number of amides is 1. The second-order valence-corrected chi connectivity index (χ2v) is 6.88. The molecule has 0 aliphatic carbocycles. The Morgan fingerprint density at radius 1 is 1.33 bits per heavy atom. The minimum Gasteiger partial charge on any atom is -0.493 e. The highest BCUT2D eigenvalue weighted by atomic mass is 19.1.